The number of hydrogen-bond donors (Lipinski definition) is 2. The SMILES string of the molecule is CC(C)(COc1c(F)cccc1C(=O)O)C(=O)O. The maximum Gasteiger partial charge on any atom is 0.339 e. The summed E-state index contributed by atoms with van der Waals surface area (Å²) in [5.74, 6) is -3.73. The zero-order valence-corrected chi connectivity index (χ0v) is 9.94. The molecule has 0 saturated heterocycles. The molecule has 18 heavy (non-hydrogen) atoms. The van der Waals surface area contributed by atoms with Crippen molar-refractivity contribution < 1.29 is 28.9 Å². The number of carboxylic acids is 2. The van der Waals surface area contributed by atoms with E-state index in [2.05, 4.69) is 0 Å². The highest BCUT2D eigenvalue weighted by molar-refractivity contribution is 5.90. The Bertz CT molecular complexity index is 481. The number of halogens is 1. The van der Waals surface area contributed by atoms with E-state index in [1.165, 1.54) is 26.0 Å². The Balaban J connectivity index is 2.98. The van der Waals surface area contributed by atoms with E-state index in [0.717, 1.165) is 6.07 Å². The summed E-state index contributed by atoms with van der Waals surface area (Å²) < 4.78 is 18.5. The van der Waals surface area contributed by atoms with Crippen LogP contribution in [0.5, 0.6) is 5.75 Å². The number of rotatable bonds is 5. The van der Waals surface area contributed by atoms with Crippen LogP contribution in [0, 0.1) is 11.2 Å². The molecule has 0 aliphatic heterocycles. The third-order valence-electron chi connectivity index (χ3n) is 2.35. The third kappa shape index (κ3) is 2.97. The van der Waals surface area contributed by atoms with Crippen molar-refractivity contribution in [2.75, 3.05) is 6.61 Å². The topological polar surface area (TPSA) is 83.8 Å². The lowest BCUT2D eigenvalue weighted by Gasteiger charge is -2.20. The minimum atomic E-state index is -1.34. The lowest BCUT2D eigenvalue weighted by atomic mass is 9.95. The third-order valence-corrected chi connectivity index (χ3v) is 2.35. The summed E-state index contributed by atoms with van der Waals surface area (Å²) in [4.78, 5) is 21.7. The molecule has 0 fully saturated rings. The van der Waals surface area contributed by atoms with E-state index in [1.807, 2.05) is 0 Å². The summed E-state index contributed by atoms with van der Waals surface area (Å²) in [6.45, 7) is 2.47. The van der Waals surface area contributed by atoms with Gasteiger partial charge in [-0.2, -0.15) is 0 Å². The van der Waals surface area contributed by atoms with Gasteiger partial charge in [-0.1, -0.05) is 6.07 Å². The van der Waals surface area contributed by atoms with Crippen LogP contribution in [0.2, 0.25) is 0 Å². The van der Waals surface area contributed by atoms with Crippen LogP contribution in [-0.2, 0) is 4.79 Å². The predicted molar refractivity (Wildman–Crippen MR) is 60.3 cm³/mol. The molecular weight excluding hydrogens is 243 g/mol. The Labute approximate surface area is 103 Å². The molecule has 0 unspecified atom stereocenters. The first kappa shape index (κ1) is 14.0. The highest BCUT2D eigenvalue weighted by atomic mass is 19.1. The fraction of sp³-hybridized carbons (Fsp3) is 0.333. The number of para-hydroxylation sites is 1. The molecule has 0 saturated carbocycles. The Morgan fingerprint density at radius 3 is 2.44 bits per heavy atom. The van der Waals surface area contributed by atoms with Crippen LogP contribution >= 0.6 is 0 Å². The number of benzene rings is 1. The van der Waals surface area contributed by atoms with Crippen molar-refractivity contribution >= 4 is 11.9 Å². The molecular formula is C12H13FO5. The Morgan fingerprint density at radius 1 is 1.33 bits per heavy atom. The lowest BCUT2D eigenvalue weighted by Crippen LogP contribution is -2.31. The standard InChI is InChI=1S/C12H13FO5/c1-12(2,11(16)17)6-18-9-7(10(14)15)4-3-5-8(9)13/h3-5H,6H2,1-2H3,(H,14,15)(H,16,17). The van der Waals surface area contributed by atoms with Crippen molar-refractivity contribution in [1.82, 2.24) is 0 Å². The molecule has 0 bridgehead atoms. The second-order valence-electron chi connectivity index (χ2n) is 4.40. The van der Waals surface area contributed by atoms with Crippen LogP contribution in [0.15, 0.2) is 18.2 Å². The maximum atomic E-state index is 13.5. The molecule has 5 nitrogen and oxygen atoms in total. The van der Waals surface area contributed by atoms with Crippen molar-refractivity contribution in [2.45, 2.75) is 13.8 Å². The Hall–Kier alpha value is -2.11. The average molecular weight is 256 g/mol. The smallest absolute Gasteiger partial charge is 0.339 e. The summed E-state index contributed by atoms with van der Waals surface area (Å²) in [5.41, 5.74) is -1.57. The van der Waals surface area contributed by atoms with Gasteiger partial charge in [-0.25, -0.2) is 9.18 Å². The monoisotopic (exact) mass is 256 g/mol. The van der Waals surface area contributed by atoms with E-state index >= 15 is 0 Å². The van der Waals surface area contributed by atoms with Crippen LogP contribution in [0.4, 0.5) is 4.39 Å². The van der Waals surface area contributed by atoms with Gasteiger partial charge in [-0.3, -0.25) is 4.79 Å². The van der Waals surface area contributed by atoms with Gasteiger partial charge >= 0.3 is 11.9 Å². The number of carboxylic acid groups (broad SMARTS) is 2. The van der Waals surface area contributed by atoms with Gasteiger partial charge in [0.15, 0.2) is 11.6 Å². The van der Waals surface area contributed by atoms with Gasteiger partial charge < -0.3 is 14.9 Å². The van der Waals surface area contributed by atoms with Crippen molar-refractivity contribution in [3.05, 3.63) is 29.6 Å². The first-order valence-corrected chi connectivity index (χ1v) is 5.13. The molecule has 0 spiro atoms. The van der Waals surface area contributed by atoms with Gasteiger partial charge in [-0.15, -0.1) is 0 Å². The maximum absolute atomic E-state index is 13.5. The predicted octanol–water partition coefficient (Wildman–Crippen LogP) is 2.01. The molecule has 0 aliphatic rings. The number of hydrogen-bond acceptors (Lipinski definition) is 3. The minimum absolute atomic E-state index is 0.330. The van der Waals surface area contributed by atoms with Crippen LogP contribution < -0.4 is 4.74 Å². The lowest BCUT2D eigenvalue weighted by molar-refractivity contribution is -0.148. The van der Waals surface area contributed by atoms with E-state index in [0.29, 0.717) is 0 Å². The fourth-order valence-corrected chi connectivity index (χ4v) is 1.14. The molecule has 1 aromatic carbocycles. The number of aromatic carboxylic acids is 1. The fourth-order valence-electron chi connectivity index (χ4n) is 1.14. The van der Waals surface area contributed by atoms with Crippen LogP contribution in [-0.4, -0.2) is 28.8 Å². The average Bonchev–Trinajstić information content (AvgIpc) is 2.26. The van der Waals surface area contributed by atoms with Crippen molar-refractivity contribution in [1.29, 1.82) is 0 Å². The molecule has 98 valence electrons. The van der Waals surface area contributed by atoms with Gasteiger partial charge in [0.25, 0.3) is 0 Å². The van der Waals surface area contributed by atoms with E-state index in [9.17, 15) is 14.0 Å². The van der Waals surface area contributed by atoms with Gasteiger partial charge in [0.1, 0.15) is 12.2 Å². The molecule has 0 amide bonds. The van der Waals surface area contributed by atoms with E-state index in [4.69, 9.17) is 14.9 Å². The minimum Gasteiger partial charge on any atom is -0.488 e. The van der Waals surface area contributed by atoms with Crippen LogP contribution in [0.25, 0.3) is 0 Å². The Kier molecular flexibility index (Phi) is 3.90. The van der Waals surface area contributed by atoms with Crippen LogP contribution in [0.1, 0.15) is 24.2 Å². The number of carbonyl (C=O) groups is 2. The van der Waals surface area contributed by atoms with Gasteiger partial charge in [0.05, 0.1) is 5.41 Å². The summed E-state index contributed by atoms with van der Waals surface area (Å²) in [7, 11) is 0. The van der Waals surface area contributed by atoms with Gasteiger partial charge in [-0.05, 0) is 26.0 Å². The molecule has 6 heteroatoms. The summed E-state index contributed by atoms with van der Waals surface area (Å²) in [5, 5.41) is 17.7. The molecule has 2 N–H and O–H groups in total. The van der Waals surface area contributed by atoms with Crippen molar-refractivity contribution in [3.63, 3.8) is 0 Å². The molecule has 1 rings (SSSR count). The largest absolute Gasteiger partial charge is 0.488 e. The summed E-state index contributed by atoms with van der Waals surface area (Å²) in [6.07, 6.45) is 0. The number of aliphatic carboxylic acids is 1. The number of ether oxygens (including phenoxy) is 1. The zero-order chi connectivity index (χ0) is 13.9. The molecule has 0 aliphatic carbocycles. The first-order chi connectivity index (χ1) is 8.25. The zero-order valence-electron chi connectivity index (χ0n) is 9.94. The van der Waals surface area contributed by atoms with E-state index in [1.54, 1.807) is 0 Å². The van der Waals surface area contributed by atoms with E-state index < -0.39 is 28.9 Å². The van der Waals surface area contributed by atoms with Gasteiger partial charge in [0.2, 0.25) is 0 Å². The second-order valence-corrected chi connectivity index (χ2v) is 4.40. The summed E-state index contributed by atoms with van der Waals surface area (Å²) >= 11 is 0. The highest BCUT2D eigenvalue weighted by Crippen LogP contribution is 2.25. The highest BCUT2D eigenvalue weighted by Gasteiger charge is 2.29. The summed E-state index contributed by atoms with van der Waals surface area (Å²) in [6, 6.07) is 3.48. The normalized spacial score (nSPS) is 11.1. The molecule has 1 aromatic rings. The quantitative estimate of drug-likeness (QED) is 0.841. The van der Waals surface area contributed by atoms with Crippen molar-refractivity contribution in [3.8, 4) is 5.75 Å². The van der Waals surface area contributed by atoms with Gasteiger partial charge in [0, 0.05) is 0 Å². The second kappa shape index (κ2) is 5.03. The molecule has 0 heterocycles. The Morgan fingerprint density at radius 2 is 1.94 bits per heavy atom. The molecule has 0 atom stereocenters. The first-order valence-electron chi connectivity index (χ1n) is 5.13. The van der Waals surface area contributed by atoms with E-state index in [-0.39, 0.29) is 12.2 Å². The van der Waals surface area contributed by atoms with Crippen LogP contribution in [0.3, 0.4) is 0 Å². The van der Waals surface area contributed by atoms with Crippen molar-refractivity contribution in [2.24, 2.45) is 5.41 Å². The molecule has 0 radical (unpaired) electrons. The molecule has 0 aromatic heterocycles.